The van der Waals surface area contributed by atoms with E-state index in [1.807, 2.05) is 26.8 Å². The number of allylic oxidation sites excluding steroid dienone is 4. The summed E-state index contributed by atoms with van der Waals surface area (Å²) < 4.78 is 5.98. The van der Waals surface area contributed by atoms with Gasteiger partial charge in [0.2, 0.25) is 5.78 Å². The Bertz CT molecular complexity index is 887. The van der Waals surface area contributed by atoms with Gasteiger partial charge in [-0.25, -0.2) is 0 Å². The zero-order valence-electron chi connectivity index (χ0n) is 19.6. The molecule has 0 bridgehead atoms. The Morgan fingerprint density at radius 1 is 1.25 bits per heavy atom. The number of aliphatic hydroxyl groups excluding tert-OH is 2. The minimum Gasteiger partial charge on any atom is -0.450 e. The standard InChI is InChI=1S/C26H36O6/c1-15(2)11-22(31)32-26(21(30)14-27)10-8-19-18-6-5-16-12-17(28)7-9-24(16,3)23(18)20(29)13-25(19,26)4/h7,9,12,15,18-20,23,27,29H,5-6,8,10-11,13-14H2,1-4H3/t18-,19-,20-,23+,24-,25-,26+/m0/s1. The van der Waals surface area contributed by atoms with Crippen molar-refractivity contribution in [2.75, 3.05) is 6.61 Å². The van der Waals surface area contributed by atoms with Crippen molar-refractivity contribution in [1.82, 2.24) is 0 Å². The monoisotopic (exact) mass is 444 g/mol. The molecule has 4 aliphatic rings. The molecule has 3 fully saturated rings. The zero-order chi connectivity index (χ0) is 23.5. The molecule has 0 aliphatic heterocycles. The Morgan fingerprint density at radius 2 is 1.97 bits per heavy atom. The van der Waals surface area contributed by atoms with Gasteiger partial charge in [0.25, 0.3) is 0 Å². The van der Waals surface area contributed by atoms with Gasteiger partial charge >= 0.3 is 5.97 Å². The van der Waals surface area contributed by atoms with Gasteiger partial charge in [-0.3, -0.25) is 14.4 Å². The number of hydrogen-bond acceptors (Lipinski definition) is 6. The first-order chi connectivity index (χ1) is 15.0. The molecular formula is C26H36O6. The summed E-state index contributed by atoms with van der Waals surface area (Å²) in [6.45, 7) is 7.23. The van der Waals surface area contributed by atoms with E-state index in [1.165, 1.54) is 0 Å². The third kappa shape index (κ3) is 3.25. The van der Waals surface area contributed by atoms with Crippen LogP contribution in [0.2, 0.25) is 0 Å². The summed E-state index contributed by atoms with van der Waals surface area (Å²) in [5.74, 6) is -0.623. The normalized spacial score (nSPS) is 42.7. The van der Waals surface area contributed by atoms with Crippen molar-refractivity contribution in [3.63, 3.8) is 0 Å². The Morgan fingerprint density at radius 3 is 2.62 bits per heavy atom. The number of ether oxygens (including phenoxy) is 1. The summed E-state index contributed by atoms with van der Waals surface area (Å²) >= 11 is 0. The van der Waals surface area contributed by atoms with Crippen molar-refractivity contribution in [3.8, 4) is 0 Å². The highest BCUT2D eigenvalue weighted by molar-refractivity contribution is 6.01. The van der Waals surface area contributed by atoms with Gasteiger partial charge in [0.15, 0.2) is 11.4 Å². The molecule has 2 N–H and O–H groups in total. The van der Waals surface area contributed by atoms with Gasteiger partial charge in [0, 0.05) is 23.2 Å². The average molecular weight is 445 g/mol. The lowest BCUT2D eigenvalue weighted by molar-refractivity contribution is -0.200. The fraction of sp³-hybridized carbons (Fsp3) is 0.731. The number of aliphatic hydroxyl groups is 2. The predicted octanol–water partition coefficient (Wildman–Crippen LogP) is 3.15. The molecule has 0 saturated heterocycles. The molecule has 0 radical (unpaired) electrons. The van der Waals surface area contributed by atoms with Gasteiger partial charge < -0.3 is 14.9 Å². The molecule has 0 spiro atoms. The van der Waals surface area contributed by atoms with Crippen LogP contribution in [-0.4, -0.2) is 46.1 Å². The van der Waals surface area contributed by atoms with E-state index in [1.54, 1.807) is 12.2 Å². The Hall–Kier alpha value is -1.79. The van der Waals surface area contributed by atoms with Crippen LogP contribution in [-0.2, 0) is 19.1 Å². The molecule has 4 aliphatic carbocycles. The number of ketones is 2. The van der Waals surface area contributed by atoms with Crippen molar-refractivity contribution >= 4 is 17.5 Å². The van der Waals surface area contributed by atoms with Crippen molar-refractivity contribution < 1.29 is 29.3 Å². The molecule has 0 aromatic rings. The second-order valence-electron chi connectivity index (χ2n) is 11.2. The molecule has 6 heteroatoms. The molecule has 4 rings (SSSR count). The Balaban J connectivity index is 1.72. The number of fused-ring (bicyclic) bond motifs is 5. The summed E-state index contributed by atoms with van der Waals surface area (Å²) in [5.41, 5.74) is -1.46. The molecule has 7 atom stereocenters. The molecule has 3 saturated carbocycles. The van der Waals surface area contributed by atoms with Crippen LogP contribution in [0.15, 0.2) is 23.8 Å². The molecule has 0 amide bonds. The van der Waals surface area contributed by atoms with E-state index in [2.05, 4.69) is 6.92 Å². The summed E-state index contributed by atoms with van der Waals surface area (Å²) in [7, 11) is 0. The first kappa shape index (κ1) is 23.4. The highest BCUT2D eigenvalue weighted by Gasteiger charge is 2.70. The number of carbonyl (C=O) groups excluding carboxylic acids is 3. The number of rotatable bonds is 5. The lowest BCUT2D eigenvalue weighted by Gasteiger charge is -2.59. The van der Waals surface area contributed by atoms with E-state index < -0.39 is 40.9 Å². The maximum Gasteiger partial charge on any atom is 0.307 e. The quantitative estimate of drug-likeness (QED) is 0.632. The molecule has 0 aromatic heterocycles. The maximum absolute atomic E-state index is 13.1. The van der Waals surface area contributed by atoms with E-state index in [9.17, 15) is 24.6 Å². The van der Waals surface area contributed by atoms with Crippen molar-refractivity contribution in [3.05, 3.63) is 23.8 Å². The lowest BCUT2D eigenvalue weighted by atomic mass is 9.46. The van der Waals surface area contributed by atoms with E-state index in [-0.39, 0.29) is 35.9 Å². The van der Waals surface area contributed by atoms with Crippen LogP contribution in [0, 0.1) is 34.5 Å². The van der Waals surface area contributed by atoms with Gasteiger partial charge in [-0.05, 0) is 62.0 Å². The first-order valence-corrected chi connectivity index (χ1v) is 12.0. The van der Waals surface area contributed by atoms with Gasteiger partial charge in [0.05, 0.1) is 6.10 Å². The molecule has 6 nitrogen and oxygen atoms in total. The van der Waals surface area contributed by atoms with Crippen LogP contribution in [0.1, 0.15) is 66.2 Å². The van der Waals surface area contributed by atoms with Crippen LogP contribution in [0.25, 0.3) is 0 Å². The van der Waals surface area contributed by atoms with Crippen molar-refractivity contribution in [2.45, 2.75) is 77.9 Å². The van der Waals surface area contributed by atoms with Crippen LogP contribution in [0.5, 0.6) is 0 Å². The van der Waals surface area contributed by atoms with Crippen LogP contribution < -0.4 is 0 Å². The second kappa shape index (κ2) is 7.91. The van der Waals surface area contributed by atoms with Crippen molar-refractivity contribution in [1.29, 1.82) is 0 Å². The minimum atomic E-state index is -1.40. The molecule has 0 heterocycles. The first-order valence-electron chi connectivity index (χ1n) is 12.0. The fourth-order valence-electron chi connectivity index (χ4n) is 7.69. The van der Waals surface area contributed by atoms with Crippen LogP contribution in [0.3, 0.4) is 0 Å². The van der Waals surface area contributed by atoms with Gasteiger partial charge in [-0.15, -0.1) is 0 Å². The zero-order valence-corrected chi connectivity index (χ0v) is 19.6. The van der Waals surface area contributed by atoms with E-state index in [4.69, 9.17) is 4.74 Å². The highest BCUT2D eigenvalue weighted by Crippen LogP contribution is 2.67. The number of carbonyl (C=O) groups is 3. The fourth-order valence-corrected chi connectivity index (χ4v) is 7.69. The van der Waals surface area contributed by atoms with E-state index in [0.29, 0.717) is 19.3 Å². The lowest BCUT2D eigenvalue weighted by Crippen LogP contribution is -2.63. The molecule has 0 aromatic carbocycles. The summed E-state index contributed by atoms with van der Waals surface area (Å²) in [4.78, 5) is 37.8. The summed E-state index contributed by atoms with van der Waals surface area (Å²) in [5, 5.41) is 21.3. The largest absolute Gasteiger partial charge is 0.450 e. The second-order valence-corrected chi connectivity index (χ2v) is 11.2. The highest BCUT2D eigenvalue weighted by atomic mass is 16.6. The minimum absolute atomic E-state index is 0.00319. The van der Waals surface area contributed by atoms with E-state index >= 15 is 0 Å². The third-order valence-electron chi connectivity index (χ3n) is 9.07. The third-order valence-corrected chi connectivity index (χ3v) is 9.07. The van der Waals surface area contributed by atoms with E-state index in [0.717, 1.165) is 18.4 Å². The molecule has 0 unspecified atom stereocenters. The van der Waals surface area contributed by atoms with Crippen molar-refractivity contribution in [2.24, 2.45) is 34.5 Å². The number of esters is 1. The number of hydrogen-bond donors (Lipinski definition) is 2. The molecule has 176 valence electrons. The summed E-state index contributed by atoms with van der Waals surface area (Å²) in [6.07, 6.45) is 7.80. The van der Waals surface area contributed by atoms with Crippen LogP contribution in [0.4, 0.5) is 0 Å². The smallest absolute Gasteiger partial charge is 0.307 e. The average Bonchev–Trinajstić information content (AvgIpc) is 2.99. The number of Topliss-reactive ketones (excluding diaryl/α,β-unsaturated/α-hetero) is 1. The summed E-state index contributed by atoms with van der Waals surface area (Å²) in [6, 6.07) is 0. The Labute approximate surface area is 190 Å². The molecular weight excluding hydrogens is 408 g/mol. The van der Waals surface area contributed by atoms with Gasteiger partial charge in [-0.2, -0.15) is 0 Å². The maximum atomic E-state index is 13.1. The predicted molar refractivity (Wildman–Crippen MR) is 118 cm³/mol. The van der Waals surface area contributed by atoms with Gasteiger partial charge in [0.1, 0.15) is 6.61 Å². The van der Waals surface area contributed by atoms with Crippen LogP contribution >= 0.6 is 0 Å². The molecule has 32 heavy (non-hydrogen) atoms. The SMILES string of the molecule is CC(C)CC(=O)O[C@@]1(C(=O)CO)CC[C@H]2[C@@H]3CCC4=CC(=O)C=C[C@]4(C)[C@H]3[C@@H](O)C[C@@]21C. The topological polar surface area (TPSA) is 101 Å². The Kier molecular flexibility index (Phi) is 5.78. The van der Waals surface area contributed by atoms with Gasteiger partial charge in [-0.1, -0.05) is 39.3 Å².